The van der Waals surface area contributed by atoms with Gasteiger partial charge in [-0.15, -0.1) is 0 Å². The van der Waals surface area contributed by atoms with Crippen molar-refractivity contribution in [2.75, 3.05) is 6.61 Å². The number of ether oxygens (including phenoxy) is 1. The second-order valence-electron chi connectivity index (χ2n) is 6.86. The lowest BCUT2D eigenvalue weighted by molar-refractivity contribution is 0.257. The van der Waals surface area contributed by atoms with Gasteiger partial charge >= 0.3 is 0 Å². The van der Waals surface area contributed by atoms with Crippen molar-refractivity contribution in [2.24, 2.45) is 5.92 Å². The van der Waals surface area contributed by atoms with Crippen LogP contribution in [0, 0.1) is 5.92 Å². The highest BCUT2D eigenvalue weighted by atomic mass is 16.5. The molecule has 1 atom stereocenters. The van der Waals surface area contributed by atoms with E-state index in [1.165, 1.54) is 32.1 Å². The van der Waals surface area contributed by atoms with Crippen LogP contribution in [0.15, 0.2) is 36.5 Å². The SMILES string of the molecule is CCCCCCCc1ccnc(-c2ccccc2OCC(C)CC)n1. The third-order valence-corrected chi connectivity index (χ3v) is 4.60. The zero-order chi connectivity index (χ0) is 17.9. The molecule has 0 saturated carbocycles. The van der Waals surface area contributed by atoms with Crippen molar-refractivity contribution in [1.82, 2.24) is 9.97 Å². The Morgan fingerprint density at radius 1 is 1.00 bits per heavy atom. The molecule has 0 radical (unpaired) electrons. The van der Waals surface area contributed by atoms with Gasteiger partial charge in [-0.2, -0.15) is 0 Å². The predicted molar refractivity (Wildman–Crippen MR) is 105 cm³/mol. The van der Waals surface area contributed by atoms with Gasteiger partial charge in [0.2, 0.25) is 0 Å². The summed E-state index contributed by atoms with van der Waals surface area (Å²) in [7, 11) is 0. The molecule has 2 rings (SSSR count). The molecule has 0 aliphatic carbocycles. The number of rotatable bonds is 11. The van der Waals surface area contributed by atoms with Gasteiger partial charge < -0.3 is 4.74 Å². The van der Waals surface area contributed by atoms with E-state index >= 15 is 0 Å². The molecule has 0 bridgehead atoms. The molecule has 0 spiro atoms. The molecule has 0 amide bonds. The van der Waals surface area contributed by atoms with Crippen molar-refractivity contribution >= 4 is 0 Å². The highest BCUT2D eigenvalue weighted by Crippen LogP contribution is 2.27. The van der Waals surface area contributed by atoms with E-state index in [1.807, 2.05) is 36.5 Å². The quantitative estimate of drug-likeness (QED) is 0.465. The van der Waals surface area contributed by atoms with E-state index in [1.54, 1.807) is 0 Å². The van der Waals surface area contributed by atoms with Gasteiger partial charge in [-0.1, -0.05) is 65.0 Å². The number of benzene rings is 1. The number of nitrogens with zero attached hydrogens (tertiary/aromatic N) is 2. The Bertz CT molecular complexity index is 627. The lowest BCUT2D eigenvalue weighted by Crippen LogP contribution is -2.08. The smallest absolute Gasteiger partial charge is 0.163 e. The topological polar surface area (TPSA) is 35.0 Å². The molecule has 3 nitrogen and oxygen atoms in total. The molecule has 0 aliphatic rings. The van der Waals surface area contributed by atoms with Gasteiger partial charge in [0, 0.05) is 11.9 Å². The monoisotopic (exact) mass is 340 g/mol. The lowest BCUT2D eigenvalue weighted by Gasteiger charge is -2.14. The van der Waals surface area contributed by atoms with E-state index in [-0.39, 0.29) is 0 Å². The van der Waals surface area contributed by atoms with Crippen LogP contribution in [-0.2, 0) is 6.42 Å². The molecule has 2 aromatic rings. The minimum Gasteiger partial charge on any atom is -0.493 e. The summed E-state index contributed by atoms with van der Waals surface area (Å²) in [6.07, 6.45) is 10.4. The fourth-order valence-corrected chi connectivity index (χ4v) is 2.70. The lowest BCUT2D eigenvalue weighted by atomic mass is 10.1. The first-order valence-electron chi connectivity index (χ1n) is 9.78. The molecular weight excluding hydrogens is 308 g/mol. The Morgan fingerprint density at radius 2 is 1.80 bits per heavy atom. The summed E-state index contributed by atoms with van der Waals surface area (Å²) >= 11 is 0. The average molecular weight is 341 g/mol. The summed E-state index contributed by atoms with van der Waals surface area (Å²) < 4.78 is 6.03. The van der Waals surface area contributed by atoms with Crippen molar-refractivity contribution in [1.29, 1.82) is 0 Å². The summed E-state index contributed by atoms with van der Waals surface area (Å²) in [5, 5.41) is 0. The van der Waals surface area contributed by atoms with Gasteiger partial charge in [-0.05, 0) is 37.0 Å². The third-order valence-electron chi connectivity index (χ3n) is 4.60. The largest absolute Gasteiger partial charge is 0.493 e. The second kappa shape index (κ2) is 10.9. The summed E-state index contributed by atoms with van der Waals surface area (Å²) in [5.74, 6) is 2.19. The molecule has 25 heavy (non-hydrogen) atoms. The number of para-hydroxylation sites is 1. The molecule has 0 fully saturated rings. The van der Waals surface area contributed by atoms with Crippen molar-refractivity contribution in [2.45, 2.75) is 65.7 Å². The maximum absolute atomic E-state index is 6.03. The summed E-state index contributed by atoms with van der Waals surface area (Å²) in [5.41, 5.74) is 2.11. The number of hydrogen-bond acceptors (Lipinski definition) is 3. The van der Waals surface area contributed by atoms with Crippen LogP contribution < -0.4 is 4.74 Å². The van der Waals surface area contributed by atoms with Gasteiger partial charge in [-0.3, -0.25) is 0 Å². The molecule has 1 heterocycles. The fourth-order valence-electron chi connectivity index (χ4n) is 2.70. The maximum Gasteiger partial charge on any atom is 0.163 e. The van der Waals surface area contributed by atoms with Crippen LogP contribution in [0.25, 0.3) is 11.4 Å². The van der Waals surface area contributed by atoms with Crippen molar-refractivity contribution in [3.05, 3.63) is 42.2 Å². The van der Waals surface area contributed by atoms with Crippen LogP contribution in [0.2, 0.25) is 0 Å². The van der Waals surface area contributed by atoms with E-state index in [2.05, 4.69) is 25.8 Å². The van der Waals surface area contributed by atoms with E-state index in [0.717, 1.165) is 42.3 Å². The molecule has 1 unspecified atom stereocenters. The van der Waals surface area contributed by atoms with Gasteiger partial charge in [0.05, 0.1) is 12.2 Å². The molecule has 0 aliphatic heterocycles. The van der Waals surface area contributed by atoms with Gasteiger partial charge in [0.25, 0.3) is 0 Å². The van der Waals surface area contributed by atoms with Crippen LogP contribution >= 0.6 is 0 Å². The summed E-state index contributed by atoms with van der Waals surface area (Å²) in [4.78, 5) is 9.26. The van der Waals surface area contributed by atoms with Crippen molar-refractivity contribution in [3.8, 4) is 17.1 Å². The van der Waals surface area contributed by atoms with Crippen molar-refractivity contribution < 1.29 is 4.74 Å². The molecular formula is C22H32N2O. The Balaban J connectivity index is 2.04. The Kier molecular flexibility index (Phi) is 8.44. The number of aromatic nitrogens is 2. The average Bonchev–Trinajstić information content (AvgIpc) is 2.66. The zero-order valence-electron chi connectivity index (χ0n) is 16.0. The van der Waals surface area contributed by atoms with Crippen LogP contribution in [0.4, 0.5) is 0 Å². The van der Waals surface area contributed by atoms with Gasteiger partial charge in [0.15, 0.2) is 5.82 Å². The van der Waals surface area contributed by atoms with Crippen LogP contribution in [-0.4, -0.2) is 16.6 Å². The van der Waals surface area contributed by atoms with Gasteiger partial charge in [-0.25, -0.2) is 9.97 Å². The minimum atomic E-state index is 0.545. The third kappa shape index (κ3) is 6.49. The molecule has 0 saturated heterocycles. The highest BCUT2D eigenvalue weighted by molar-refractivity contribution is 5.63. The first-order valence-corrected chi connectivity index (χ1v) is 9.78. The first-order chi connectivity index (χ1) is 12.2. The molecule has 136 valence electrons. The minimum absolute atomic E-state index is 0.545. The Morgan fingerprint density at radius 3 is 2.60 bits per heavy atom. The fraction of sp³-hybridized carbons (Fsp3) is 0.545. The van der Waals surface area contributed by atoms with Gasteiger partial charge in [0.1, 0.15) is 5.75 Å². The van der Waals surface area contributed by atoms with E-state index in [0.29, 0.717) is 5.92 Å². The van der Waals surface area contributed by atoms with Crippen LogP contribution in [0.5, 0.6) is 5.75 Å². The summed E-state index contributed by atoms with van der Waals surface area (Å²) in [6.45, 7) is 7.37. The van der Waals surface area contributed by atoms with E-state index in [4.69, 9.17) is 9.72 Å². The van der Waals surface area contributed by atoms with Crippen LogP contribution in [0.3, 0.4) is 0 Å². The highest BCUT2D eigenvalue weighted by Gasteiger charge is 2.10. The van der Waals surface area contributed by atoms with E-state index < -0.39 is 0 Å². The predicted octanol–water partition coefficient (Wildman–Crippen LogP) is 6.08. The second-order valence-corrected chi connectivity index (χ2v) is 6.86. The molecule has 1 aromatic carbocycles. The molecule has 3 heteroatoms. The Hall–Kier alpha value is -1.90. The first kappa shape index (κ1) is 19.4. The van der Waals surface area contributed by atoms with E-state index in [9.17, 15) is 0 Å². The number of aryl methyl sites for hydroxylation is 1. The van der Waals surface area contributed by atoms with Crippen LogP contribution in [0.1, 0.15) is 65.0 Å². The Labute approximate surface area is 152 Å². The molecule has 0 N–H and O–H groups in total. The van der Waals surface area contributed by atoms with Crippen molar-refractivity contribution in [3.63, 3.8) is 0 Å². The summed E-state index contributed by atoms with van der Waals surface area (Å²) in [6, 6.07) is 10.1. The number of unbranched alkanes of at least 4 members (excludes halogenated alkanes) is 4. The molecule has 1 aromatic heterocycles. The number of hydrogen-bond donors (Lipinski definition) is 0. The standard InChI is InChI=1S/C22H32N2O/c1-4-6-7-8-9-12-19-15-16-23-22(24-19)20-13-10-11-14-21(20)25-17-18(3)5-2/h10-11,13-16,18H,4-9,12,17H2,1-3H3. The maximum atomic E-state index is 6.03. The zero-order valence-corrected chi connectivity index (χ0v) is 16.0. The normalized spacial score (nSPS) is 12.1.